The van der Waals surface area contributed by atoms with E-state index < -0.39 is 0 Å². The third kappa shape index (κ3) is 6.24. The minimum Gasteiger partial charge on any atom is -0.467 e. The van der Waals surface area contributed by atoms with E-state index >= 15 is 0 Å². The fraction of sp³-hybridized carbons (Fsp3) is 0.462. The molecule has 2 aliphatic heterocycles. The molecule has 0 spiro atoms. The van der Waals surface area contributed by atoms with Crippen molar-refractivity contribution in [2.75, 3.05) is 58.4 Å². The van der Waals surface area contributed by atoms with Gasteiger partial charge in [0, 0.05) is 50.6 Å². The van der Waals surface area contributed by atoms with E-state index in [1.807, 2.05) is 15.2 Å². The average Bonchev–Trinajstić information content (AvgIpc) is 3.48. The summed E-state index contributed by atoms with van der Waals surface area (Å²) in [5.41, 5.74) is 1.27. The Morgan fingerprint density at radius 2 is 1.54 bits per heavy atom. The molecule has 5 rings (SSSR count). The van der Waals surface area contributed by atoms with Gasteiger partial charge in [0.15, 0.2) is 0 Å². The van der Waals surface area contributed by atoms with Crippen molar-refractivity contribution in [2.24, 2.45) is 0 Å². The monoisotopic (exact) mass is 555 g/mol. The third-order valence-electron chi connectivity index (χ3n) is 7.00. The normalized spacial score (nSPS) is 16.3. The molecule has 1 aromatic carbocycles. The summed E-state index contributed by atoms with van der Waals surface area (Å²) in [6, 6.07) is 6.40. The number of ether oxygens (including phenoxy) is 2. The molecule has 13 heteroatoms. The van der Waals surface area contributed by atoms with Gasteiger partial charge in [-0.05, 0) is 30.5 Å². The SMILES string of the molecule is COc1nc(OC)nc(N2CCN(C(=O)c3csc(C4CCN(C(=O)Cc5ccc(F)cc5)CC4)n3)CC2)n1. The number of rotatable bonds is 7. The van der Waals surface area contributed by atoms with E-state index in [9.17, 15) is 14.0 Å². The van der Waals surface area contributed by atoms with Crippen LogP contribution in [0.4, 0.5) is 10.3 Å². The number of likely N-dealkylation sites (tertiary alicyclic amines) is 1. The smallest absolute Gasteiger partial charge is 0.324 e. The first-order valence-corrected chi connectivity index (χ1v) is 13.7. The first-order chi connectivity index (χ1) is 18.9. The summed E-state index contributed by atoms with van der Waals surface area (Å²) in [4.78, 5) is 48.8. The van der Waals surface area contributed by atoms with Crippen molar-refractivity contribution in [1.82, 2.24) is 29.7 Å². The molecule has 0 radical (unpaired) electrons. The van der Waals surface area contributed by atoms with Crippen molar-refractivity contribution >= 4 is 29.1 Å². The van der Waals surface area contributed by atoms with E-state index in [1.165, 1.54) is 37.7 Å². The zero-order valence-corrected chi connectivity index (χ0v) is 22.7. The van der Waals surface area contributed by atoms with Crippen molar-refractivity contribution in [1.29, 1.82) is 0 Å². The van der Waals surface area contributed by atoms with Gasteiger partial charge < -0.3 is 24.2 Å². The highest BCUT2D eigenvalue weighted by Gasteiger charge is 2.29. The van der Waals surface area contributed by atoms with Gasteiger partial charge in [0.25, 0.3) is 5.91 Å². The maximum atomic E-state index is 13.2. The number of carbonyl (C=O) groups excluding carboxylic acids is 2. The Bertz CT molecular complexity index is 1280. The van der Waals surface area contributed by atoms with Gasteiger partial charge in [0.1, 0.15) is 11.5 Å². The highest BCUT2D eigenvalue weighted by Crippen LogP contribution is 2.31. The molecule has 4 heterocycles. The Balaban J connectivity index is 1.12. The molecule has 3 aromatic rings. The number of halogens is 1. The lowest BCUT2D eigenvalue weighted by molar-refractivity contribution is -0.131. The number of methoxy groups -OCH3 is 2. The van der Waals surface area contributed by atoms with Gasteiger partial charge in [-0.1, -0.05) is 12.1 Å². The van der Waals surface area contributed by atoms with Gasteiger partial charge in [-0.25, -0.2) is 9.37 Å². The fourth-order valence-corrected chi connectivity index (χ4v) is 5.73. The number of nitrogens with zero attached hydrogens (tertiary/aromatic N) is 7. The second-order valence-electron chi connectivity index (χ2n) is 9.42. The number of thiazole rings is 1. The Labute approximate surface area is 229 Å². The quantitative estimate of drug-likeness (QED) is 0.434. The van der Waals surface area contributed by atoms with E-state index in [1.54, 1.807) is 17.0 Å². The lowest BCUT2D eigenvalue weighted by Gasteiger charge is -2.34. The van der Waals surface area contributed by atoms with E-state index in [0.29, 0.717) is 50.9 Å². The Kier molecular flexibility index (Phi) is 8.15. The van der Waals surface area contributed by atoms with Crippen LogP contribution in [0, 0.1) is 5.82 Å². The number of carbonyl (C=O) groups is 2. The molecule has 206 valence electrons. The maximum Gasteiger partial charge on any atom is 0.324 e. The van der Waals surface area contributed by atoms with Gasteiger partial charge in [-0.2, -0.15) is 9.97 Å². The summed E-state index contributed by atoms with van der Waals surface area (Å²) >= 11 is 1.50. The number of hydrogen-bond donors (Lipinski definition) is 0. The van der Waals surface area contributed by atoms with E-state index in [0.717, 1.165) is 23.4 Å². The molecule has 2 aliphatic rings. The number of piperidine rings is 1. The summed E-state index contributed by atoms with van der Waals surface area (Å²) in [5.74, 6) is 0.316. The molecular weight excluding hydrogens is 525 g/mol. The van der Waals surface area contributed by atoms with Crippen LogP contribution in [-0.2, 0) is 11.2 Å². The van der Waals surface area contributed by atoms with Crippen molar-refractivity contribution in [3.8, 4) is 12.0 Å². The standard InChI is InChI=1S/C26H30FN7O4S/c1-37-25-29-24(30-26(31-25)38-2)34-13-11-33(12-14-34)23(36)20-16-39-22(28-20)18-7-9-32(10-8-18)21(35)15-17-3-5-19(27)6-4-17/h3-6,16,18H,7-15H2,1-2H3. The molecule has 2 saturated heterocycles. The van der Waals surface area contributed by atoms with Crippen LogP contribution in [0.5, 0.6) is 12.0 Å². The zero-order valence-electron chi connectivity index (χ0n) is 21.9. The van der Waals surface area contributed by atoms with Crippen LogP contribution in [-0.4, -0.2) is 95.0 Å². The molecule has 0 atom stereocenters. The summed E-state index contributed by atoms with van der Waals surface area (Å²) in [6.07, 6.45) is 1.87. The lowest BCUT2D eigenvalue weighted by atomic mass is 9.97. The molecule has 2 aromatic heterocycles. The summed E-state index contributed by atoms with van der Waals surface area (Å²) < 4.78 is 23.4. The molecular formula is C26H30FN7O4S. The van der Waals surface area contributed by atoms with Crippen LogP contribution in [0.15, 0.2) is 29.6 Å². The lowest BCUT2D eigenvalue weighted by Crippen LogP contribution is -2.49. The van der Waals surface area contributed by atoms with Crippen LogP contribution < -0.4 is 14.4 Å². The van der Waals surface area contributed by atoms with Crippen LogP contribution in [0.2, 0.25) is 0 Å². The van der Waals surface area contributed by atoms with Crippen molar-refractivity contribution in [2.45, 2.75) is 25.2 Å². The average molecular weight is 556 g/mol. The Morgan fingerprint density at radius 3 is 2.15 bits per heavy atom. The van der Waals surface area contributed by atoms with Gasteiger partial charge in [0.05, 0.1) is 25.6 Å². The van der Waals surface area contributed by atoms with Crippen LogP contribution in [0.1, 0.15) is 39.8 Å². The largest absolute Gasteiger partial charge is 0.467 e. The first kappa shape index (κ1) is 26.7. The fourth-order valence-electron chi connectivity index (χ4n) is 4.76. The summed E-state index contributed by atoms with van der Waals surface area (Å²) in [5, 5.41) is 2.77. The third-order valence-corrected chi connectivity index (χ3v) is 8.01. The topological polar surface area (TPSA) is 114 Å². The van der Waals surface area contributed by atoms with Gasteiger partial charge in [-0.3, -0.25) is 9.59 Å². The second kappa shape index (κ2) is 11.9. The zero-order chi connectivity index (χ0) is 27.4. The Hall–Kier alpha value is -3.87. The second-order valence-corrected chi connectivity index (χ2v) is 10.3. The summed E-state index contributed by atoms with van der Waals surface area (Å²) in [6.45, 7) is 3.42. The van der Waals surface area contributed by atoms with E-state index in [2.05, 4.69) is 19.9 Å². The maximum absolute atomic E-state index is 13.2. The molecule has 0 saturated carbocycles. The van der Waals surface area contributed by atoms with E-state index in [4.69, 9.17) is 9.47 Å². The number of piperazine rings is 1. The number of aromatic nitrogens is 4. The molecule has 2 amide bonds. The molecule has 2 fully saturated rings. The van der Waals surface area contributed by atoms with Crippen LogP contribution >= 0.6 is 11.3 Å². The predicted molar refractivity (Wildman–Crippen MR) is 142 cm³/mol. The summed E-state index contributed by atoms with van der Waals surface area (Å²) in [7, 11) is 2.96. The Morgan fingerprint density at radius 1 is 0.897 bits per heavy atom. The number of benzene rings is 1. The predicted octanol–water partition coefficient (Wildman–Crippen LogP) is 2.40. The van der Waals surface area contributed by atoms with Gasteiger partial charge in [-0.15, -0.1) is 16.3 Å². The van der Waals surface area contributed by atoms with Crippen molar-refractivity contribution < 1.29 is 23.5 Å². The van der Waals surface area contributed by atoms with Crippen molar-refractivity contribution in [3.63, 3.8) is 0 Å². The molecule has 11 nitrogen and oxygen atoms in total. The number of amides is 2. The minimum atomic E-state index is -0.308. The van der Waals surface area contributed by atoms with Gasteiger partial charge >= 0.3 is 12.0 Å². The molecule has 0 N–H and O–H groups in total. The molecule has 0 bridgehead atoms. The highest BCUT2D eigenvalue weighted by atomic mass is 32.1. The van der Waals surface area contributed by atoms with Crippen LogP contribution in [0.3, 0.4) is 0 Å². The number of anilines is 1. The van der Waals surface area contributed by atoms with E-state index in [-0.39, 0.29) is 42.0 Å². The van der Waals surface area contributed by atoms with Crippen LogP contribution in [0.25, 0.3) is 0 Å². The minimum absolute atomic E-state index is 0.0447. The first-order valence-electron chi connectivity index (χ1n) is 12.8. The molecule has 39 heavy (non-hydrogen) atoms. The molecule has 0 unspecified atom stereocenters. The van der Waals surface area contributed by atoms with Crippen molar-refractivity contribution in [3.05, 3.63) is 51.7 Å². The van der Waals surface area contributed by atoms with Gasteiger partial charge in [0.2, 0.25) is 11.9 Å². The number of hydrogen-bond acceptors (Lipinski definition) is 10. The highest BCUT2D eigenvalue weighted by molar-refractivity contribution is 7.09. The molecule has 0 aliphatic carbocycles.